The van der Waals surface area contributed by atoms with Gasteiger partial charge in [-0.2, -0.15) is 0 Å². The second-order valence-electron chi connectivity index (χ2n) is 8.91. The first-order chi connectivity index (χ1) is 14.9. The Kier molecular flexibility index (Phi) is 11.0. The molecule has 1 aromatic rings. The van der Waals surface area contributed by atoms with Crippen molar-refractivity contribution in [2.24, 2.45) is 4.99 Å². The molecule has 0 bridgehead atoms. The first kappa shape index (κ1) is 27.2. The fourth-order valence-electron chi connectivity index (χ4n) is 4.89. The Labute approximate surface area is 211 Å². The quantitative estimate of drug-likeness (QED) is 0.248. The van der Waals surface area contributed by atoms with Crippen molar-refractivity contribution in [2.75, 3.05) is 37.2 Å². The summed E-state index contributed by atoms with van der Waals surface area (Å²) in [5.74, 6) is 0.790. The van der Waals surface area contributed by atoms with Crippen LogP contribution in [0.2, 0.25) is 0 Å². The SMILES string of the molecule is CCNC(=NCc1ccccc1NS(C)(=O)=O)NCC1(N2CCCCC2)CCCCC1.I. The predicted molar refractivity (Wildman–Crippen MR) is 144 cm³/mol. The van der Waals surface area contributed by atoms with Crippen LogP contribution in [0.15, 0.2) is 29.3 Å². The lowest BCUT2D eigenvalue weighted by Gasteiger charge is -2.48. The fourth-order valence-corrected chi connectivity index (χ4v) is 5.49. The van der Waals surface area contributed by atoms with Crippen molar-refractivity contribution in [1.29, 1.82) is 0 Å². The van der Waals surface area contributed by atoms with Gasteiger partial charge in [0.1, 0.15) is 0 Å². The number of rotatable bonds is 8. The van der Waals surface area contributed by atoms with Crippen molar-refractivity contribution >= 4 is 45.6 Å². The third kappa shape index (κ3) is 8.06. The highest BCUT2D eigenvalue weighted by Crippen LogP contribution is 2.35. The Balaban J connectivity index is 0.00000363. The minimum Gasteiger partial charge on any atom is -0.357 e. The van der Waals surface area contributed by atoms with Crippen LogP contribution in [0.5, 0.6) is 0 Å². The van der Waals surface area contributed by atoms with Gasteiger partial charge in [0.25, 0.3) is 0 Å². The van der Waals surface area contributed by atoms with E-state index in [4.69, 9.17) is 4.99 Å². The molecule has 1 aromatic carbocycles. The van der Waals surface area contributed by atoms with E-state index in [0.29, 0.717) is 12.2 Å². The normalized spacial score (nSPS) is 19.6. The number of benzene rings is 1. The van der Waals surface area contributed by atoms with Crippen molar-refractivity contribution in [1.82, 2.24) is 15.5 Å². The summed E-state index contributed by atoms with van der Waals surface area (Å²) in [6.45, 7) is 6.58. The van der Waals surface area contributed by atoms with Crippen LogP contribution in [-0.2, 0) is 16.6 Å². The molecule has 2 fully saturated rings. The van der Waals surface area contributed by atoms with Crippen LogP contribution in [0, 0.1) is 0 Å². The Morgan fingerprint density at radius 1 is 1.03 bits per heavy atom. The average molecular weight is 578 g/mol. The number of para-hydroxylation sites is 1. The summed E-state index contributed by atoms with van der Waals surface area (Å²) < 4.78 is 26.0. The summed E-state index contributed by atoms with van der Waals surface area (Å²) in [5, 5.41) is 6.99. The lowest BCUT2D eigenvalue weighted by atomic mass is 9.79. The monoisotopic (exact) mass is 577 g/mol. The molecule has 7 nitrogen and oxygen atoms in total. The molecule has 32 heavy (non-hydrogen) atoms. The molecule has 1 aliphatic carbocycles. The number of guanidine groups is 1. The van der Waals surface area contributed by atoms with Crippen LogP contribution in [-0.4, -0.2) is 57.3 Å². The van der Waals surface area contributed by atoms with Crippen LogP contribution in [0.4, 0.5) is 5.69 Å². The number of piperidine rings is 1. The molecule has 182 valence electrons. The maximum absolute atomic E-state index is 11.7. The van der Waals surface area contributed by atoms with Crippen LogP contribution in [0.3, 0.4) is 0 Å². The van der Waals surface area contributed by atoms with Gasteiger partial charge < -0.3 is 10.6 Å². The maximum Gasteiger partial charge on any atom is 0.229 e. The largest absolute Gasteiger partial charge is 0.357 e. The highest BCUT2D eigenvalue weighted by Gasteiger charge is 2.38. The summed E-state index contributed by atoms with van der Waals surface area (Å²) in [7, 11) is -3.33. The molecule has 1 saturated carbocycles. The molecule has 0 radical (unpaired) electrons. The van der Waals surface area contributed by atoms with Crippen molar-refractivity contribution in [3.05, 3.63) is 29.8 Å². The molecule has 1 saturated heterocycles. The number of sulfonamides is 1. The third-order valence-electron chi connectivity index (χ3n) is 6.46. The average Bonchev–Trinajstić information content (AvgIpc) is 2.77. The van der Waals surface area contributed by atoms with E-state index in [1.807, 2.05) is 18.2 Å². The zero-order valence-corrected chi connectivity index (χ0v) is 22.7. The number of nitrogens with zero attached hydrogens (tertiary/aromatic N) is 2. The Morgan fingerprint density at radius 2 is 1.69 bits per heavy atom. The minimum absolute atomic E-state index is 0. The highest BCUT2D eigenvalue weighted by molar-refractivity contribution is 14.0. The molecule has 3 rings (SSSR count). The second-order valence-corrected chi connectivity index (χ2v) is 10.7. The van der Waals surface area contributed by atoms with E-state index >= 15 is 0 Å². The summed E-state index contributed by atoms with van der Waals surface area (Å²) in [5.41, 5.74) is 1.67. The van der Waals surface area contributed by atoms with Gasteiger partial charge in [-0.05, 0) is 57.3 Å². The standard InChI is InChI=1S/C23H39N5O2S.HI/c1-3-24-22(25-18-20-12-6-7-13-21(20)27-31(2,29)30)26-19-23(14-8-4-9-15-23)28-16-10-5-11-17-28;/h6-7,12-13,27H,3-5,8-11,14-19H2,1-2H3,(H2,24,25,26);1H. The third-order valence-corrected chi connectivity index (χ3v) is 7.05. The number of hydrogen-bond donors (Lipinski definition) is 3. The van der Waals surface area contributed by atoms with Gasteiger partial charge in [0.2, 0.25) is 10.0 Å². The van der Waals surface area contributed by atoms with Gasteiger partial charge in [0.15, 0.2) is 5.96 Å². The van der Waals surface area contributed by atoms with Crippen LogP contribution >= 0.6 is 24.0 Å². The van der Waals surface area contributed by atoms with Gasteiger partial charge in [0.05, 0.1) is 18.5 Å². The lowest BCUT2D eigenvalue weighted by molar-refractivity contribution is 0.0368. The molecule has 0 spiro atoms. The lowest BCUT2D eigenvalue weighted by Crippen LogP contribution is -2.59. The summed E-state index contributed by atoms with van der Waals surface area (Å²) in [4.78, 5) is 7.51. The second kappa shape index (κ2) is 13.0. The fraction of sp³-hybridized carbons (Fsp3) is 0.696. The zero-order valence-electron chi connectivity index (χ0n) is 19.5. The predicted octanol–water partition coefficient (Wildman–Crippen LogP) is 3.92. The van der Waals surface area contributed by atoms with E-state index in [0.717, 1.165) is 24.6 Å². The molecular formula is C23H40IN5O2S. The maximum atomic E-state index is 11.7. The molecule has 1 aliphatic heterocycles. The Hall–Kier alpha value is -1.07. The Bertz CT molecular complexity index is 835. The van der Waals surface area contributed by atoms with Gasteiger partial charge in [-0.15, -0.1) is 24.0 Å². The van der Waals surface area contributed by atoms with Crippen molar-refractivity contribution < 1.29 is 8.42 Å². The van der Waals surface area contributed by atoms with Crippen LogP contribution < -0.4 is 15.4 Å². The molecule has 0 unspecified atom stereocenters. The van der Waals surface area contributed by atoms with E-state index in [2.05, 4.69) is 27.2 Å². The topological polar surface area (TPSA) is 85.8 Å². The van der Waals surface area contributed by atoms with Gasteiger partial charge in [-0.3, -0.25) is 9.62 Å². The van der Waals surface area contributed by atoms with Gasteiger partial charge >= 0.3 is 0 Å². The molecule has 0 atom stereocenters. The van der Waals surface area contributed by atoms with E-state index in [1.54, 1.807) is 6.07 Å². The number of hydrogen-bond acceptors (Lipinski definition) is 4. The van der Waals surface area contributed by atoms with Crippen LogP contribution in [0.1, 0.15) is 63.9 Å². The van der Waals surface area contributed by atoms with Crippen molar-refractivity contribution in [2.45, 2.75) is 70.4 Å². The van der Waals surface area contributed by atoms with E-state index in [-0.39, 0.29) is 29.5 Å². The molecule has 0 amide bonds. The van der Waals surface area contributed by atoms with Crippen LogP contribution in [0.25, 0.3) is 0 Å². The smallest absolute Gasteiger partial charge is 0.229 e. The molecule has 0 aromatic heterocycles. The summed E-state index contributed by atoms with van der Waals surface area (Å²) in [6.07, 6.45) is 11.6. The molecule has 2 aliphatic rings. The summed E-state index contributed by atoms with van der Waals surface area (Å²) >= 11 is 0. The number of likely N-dealkylation sites (tertiary alicyclic amines) is 1. The zero-order chi connectivity index (χ0) is 22.2. The minimum atomic E-state index is -3.33. The first-order valence-electron chi connectivity index (χ1n) is 11.7. The number of nitrogens with one attached hydrogen (secondary N) is 3. The molecular weight excluding hydrogens is 537 g/mol. The first-order valence-corrected chi connectivity index (χ1v) is 13.6. The summed E-state index contributed by atoms with van der Waals surface area (Å²) in [6, 6.07) is 7.43. The number of aliphatic imine (C=N–C) groups is 1. The molecule has 9 heteroatoms. The number of anilines is 1. The number of halogens is 1. The van der Waals surface area contributed by atoms with Gasteiger partial charge in [-0.1, -0.05) is 43.9 Å². The van der Waals surface area contributed by atoms with Gasteiger partial charge in [0, 0.05) is 18.6 Å². The van der Waals surface area contributed by atoms with E-state index in [9.17, 15) is 8.42 Å². The van der Waals surface area contributed by atoms with Gasteiger partial charge in [-0.25, -0.2) is 13.4 Å². The van der Waals surface area contributed by atoms with E-state index < -0.39 is 10.0 Å². The highest BCUT2D eigenvalue weighted by atomic mass is 127. The molecule has 3 N–H and O–H groups in total. The Morgan fingerprint density at radius 3 is 2.34 bits per heavy atom. The van der Waals surface area contributed by atoms with E-state index in [1.165, 1.54) is 70.7 Å². The molecule has 1 heterocycles. The van der Waals surface area contributed by atoms with Crippen molar-refractivity contribution in [3.8, 4) is 0 Å². The van der Waals surface area contributed by atoms with Crippen molar-refractivity contribution in [3.63, 3.8) is 0 Å².